The molecule has 0 bridgehead atoms. The van der Waals surface area contributed by atoms with Gasteiger partial charge in [0.2, 0.25) is 0 Å². The first-order valence-corrected chi connectivity index (χ1v) is 6.83. The number of rotatable bonds is 5. The lowest BCUT2D eigenvalue weighted by Crippen LogP contribution is -2.30. The van der Waals surface area contributed by atoms with Crippen molar-refractivity contribution in [3.05, 3.63) is 0 Å². The molecule has 0 saturated carbocycles. The number of halogens is 6. The maximum atomic E-state index is 11.9. The fourth-order valence-electron chi connectivity index (χ4n) is 1.22. The molecule has 0 atom stereocenters. The van der Waals surface area contributed by atoms with Crippen LogP contribution < -0.4 is 5.32 Å². The molecule has 0 heterocycles. The SMILES string of the molecule is CCNCC(CC(F)(F)F)CC(F)(F)F.O=P(O)(O)O. The monoisotopic (exact) mass is 335 g/mol. The zero-order chi connectivity index (χ0) is 16.6. The van der Waals surface area contributed by atoms with Crippen LogP contribution in [0.15, 0.2) is 0 Å². The predicted octanol–water partition coefficient (Wildman–Crippen LogP) is 2.19. The Morgan fingerprint density at radius 2 is 1.30 bits per heavy atom. The molecule has 124 valence electrons. The lowest BCUT2D eigenvalue weighted by atomic mass is 10.0. The number of alkyl halides is 6. The van der Waals surface area contributed by atoms with Gasteiger partial charge < -0.3 is 20.0 Å². The van der Waals surface area contributed by atoms with E-state index in [9.17, 15) is 26.3 Å². The van der Waals surface area contributed by atoms with Crippen molar-refractivity contribution in [3.8, 4) is 0 Å². The van der Waals surface area contributed by atoms with Crippen molar-refractivity contribution in [1.82, 2.24) is 5.32 Å². The molecule has 0 rings (SSSR count). The van der Waals surface area contributed by atoms with Gasteiger partial charge in [0.25, 0.3) is 0 Å². The minimum Gasteiger partial charge on any atom is -0.317 e. The molecule has 0 aromatic carbocycles. The second kappa shape index (κ2) is 8.83. The molecule has 0 aromatic heterocycles. The van der Waals surface area contributed by atoms with Gasteiger partial charge in [0.15, 0.2) is 0 Å². The Morgan fingerprint density at radius 1 is 1.00 bits per heavy atom. The minimum atomic E-state index is -4.64. The summed E-state index contributed by atoms with van der Waals surface area (Å²) in [6, 6.07) is 0. The van der Waals surface area contributed by atoms with Gasteiger partial charge in [-0.25, -0.2) is 4.57 Å². The van der Waals surface area contributed by atoms with Crippen LogP contribution in [0.2, 0.25) is 0 Å². The number of hydrogen-bond acceptors (Lipinski definition) is 2. The van der Waals surface area contributed by atoms with E-state index < -0.39 is 38.9 Å². The number of phosphoric acid groups is 1. The van der Waals surface area contributed by atoms with Gasteiger partial charge in [-0.05, 0) is 19.0 Å². The van der Waals surface area contributed by atoms with E-state index >= 15 is 0 Å². The predicted molar refractivity (Wildman–Crippen MR) is 57.6 cm³/mol. The van der Waals surface area contributed by atoms with Crippen LogP contribution in [-0.4, -0.2) is 40.1 Å². The van der Waals surface area contributed by atoms with Gasteiger partial charge >= 0.3 is 20.2 Å². The molecule has 5 nitrogen and oxygen atoms in total. The third-order valence-corrected chi connectivity index (χ3v) is 1.72. The summed E-state index contributed by atoms with van der Waals surface area (Å²) in [7, 11) is -4.64. The van der Waals surface area contributed by atoms with Gasteiger partial charge in [0, 0.05) is 12.8 Å². The van der Waals surface area contributed by atoms with Crippen LogP contribution in [0.4, 0.5) is 26.3 Å². The van der Waals surface area contributed by atoms with Crippen molar-refractivity contribution in [2.75, 3.05) is 13.1 Å². The second-order valence-corrected chi connectivity index (χ2v) is 4.85. The van der Waals surface area contributed by atoms with Gasteiger partial charge in [-0.15, -0.1) is 0 Å². The van der Waals surface area contributed by atoms with Gasteiger partial charge in [0.1, 0.15) is 0 Å². The fraction of sp³-hybridized carbons (Fsp3) is 1.00. The minimum absolute atomic E-state index is 0.268. The lowest BCUT2D eigenvalue weighted by molar-refractivity contribution is -0.172. The van der Waals surface area contributed by atoms with Crippen molar-refractivity contribution < 1.29 is 45.6 Å². The van der Waals surface area contributed by atoms with Crippen LogP contribution in [0.1, 0.15) is 19.8 Å². The normalized spacial score (nSPS) is 13.2. The molecule has 0 radical (unpaired) electrons. The van der Waals surface area contributed by atoms with Crippen LogP contribution in [0.3, 0.4) is 0 Å². The van der Waals surface area contributed by atoms with Crippen molar-refractivity contribution >= 4 is 7.82 Å². The third kappa shape index (κ3) is 26.3. The van der Waals surface area contributed by atoms with Crippen molar-refractivity contribution in [2.45, 2.75) is 32.1 Å². The molecule has 0 aromatic rings. The van der Waals surface area contributed by atoms with Crippen LogP contribution in [0.25, 0.3) is 0 Å². The summed E-state index contributed by atoms with van der Waals surface area (Å²) in [4.78, 5) is 21.6. The fourth-order valence-corrected chi connectivity index (χ4v) is 1.22. The Labute approximate surface area is 111 Å². The molecular weight excluding hydrogens is 319 g/mol. The van der Waals surface area contributed by atoms with E-state index in [0.717, 1.165) is 0 Å². The molecule has 0 saturated heterocycles. The first kappa shape index (κ1) is 21.9. The van der Waals surface area contributed by atoms with E-state index in [2.05, 4.69) is 5.32 Å². The van der Waals surface area contributed by atoms with E-state index in [-0.39, 0.29) is 6.54 Å². The zero-order valence-electron chi connectivity index (χ0n) is 10.4. The Kier molecular flexibility index (Phi) is 9.69. The highest BCUT2D eigenvalue weighted by atomic mass is 31.2. The summed E-state index contributed by atoms with van der Waals surface area (Å²) < 4.78 is 80.4. The summed E-state index contributed by atoms with van der Waals surface area (Å²) >= 11 is 0. The number of hydrogen-bond donors (Lipinski definition) is 4. The van der Waals surface area contributed by atoms with E-state index in [0.29, 0.717) is 6.54 Å². The highest BCUT2D eigenvalue weighted by molar-refractivity contribution is 7.45. The van der Waals surface area contributed by atoms with Crippen LogP contribution in [0.5, 0.6) is 0 Å². The van der Waals surface area contributed by atoms with Gasteiger partial charge in [0.05, 0.1) is 0 Å². The number of nitrogens with one attached hydrogen (secondary N) is 1. The molecule has 12 heteroatoms. The maximum Gasteiger partial charge on any atom is 0.466 e. The smallest absolute Gasteiger partial charge is 0.317 e. The Balaban J connectivity index is 0. The van der Waals surface area contributed by atoms with E-state index in [4.69, 9.17) is 19.2 Å². The van der Waals surface area contributed by atoms with E-state index in [1.807, 2.05) is 0 Å². The van der Waals surface area contributed by atoms with Gasteiger partial charge in [-0.1, -0.05) is 6.92 Å². The molecule has 0 unspecified atom stereocenters. The van der Waals surface area contributed by atoms with E-state index in [1.165, 1.54) is 0 Å². The molecule has 0 aliphatic heterocycles. The Bertz CT molecular complexity index is 278. The average Bonchev–Trinajstić information content (AvgIpc) is 2.05. The summed E-state index contributed by atoms with van der Waals surface area (Å²) in [5.41, 5.74) is 0. The quantitative estimate of drug-likeness (QED) is 0.457. The molecule has 0 fully saturated rings. The van der Waals surface area contributed by atoms with Gasteiger partial charge in [-0.2, -0.15) is 26.3 Å². The molecule has 0 aliphatic carbocycles. The summed E-state index contributed by atoms with van der Waals surface area (Å²) in [5.74, 6) is -1.44. The summed E-state index contributed by atoms with van der Waals surface area (Å²) in [6.45, 7) is 1.71. The topological polar surface area (TPSA) is 89.8 Å². The molecule has 20 heavy (non-hydrogen) atoms. The first-order valence-electron chi connectivity index (χ1n) is 5.26. The molecule has 0 aliphatic rings. The van der Waals surface area contributed by atoms with Crippen molar-refractivity contribution in [3.63, 3.8) is 0 Å². The summed E-state index contributed by atoms with van der Waals surface area (Å²) in [5, 5.41) is 2.49. The third-order valence-electron chi connectivity index (χ3n) is 1.72. The van der Waals surface area contributed by atoms with E-state index in [1.54, 1.807) is 6.92 Å². The largest absolute Gasteiger partial charge is 0.466 e. The van der Waals surface area contributed by atoms with Crippen molar-refractivity contribution in [1.29, 1.82) is 0 Å². The first-order chi connectivity index (χ1) is 8.64. The van der Waals surface area contributed by atoms with Crippen LogP contribution >= 0.6 is 7.82 Å². The zero-order valence-corrected chi connectivity index (χ0v) is 11.3. The highest BCUT2D eigenvalue weighted by Gasteiger charge is 2.38. The molecular formula is C8H16F6NO4P. The van der Waals surface area contributed by atoms with Gasteiger partial charge in [-0.3, -0.25) is 0 Å². The second-order valence-electron chi connectivity index (χ2n) is 3.83. The average molecular weight is 335 g/mol. The molecule has 0 amide bonds. The Hall–Kier alpha value is -0.350. The highest BCUT2D eigenvalue weighted by Crippen LogP contribution is 2.32. The van der Waals surface area contributed by atoms with Crippen molar-refractivity contribution in [2.24, 2.45) is 5.92 Å². The molecule has 4 N–H and O–H groups in total. The standard InChI is InChI=1S/C8H13F6N.H3O4P/c1-2-15-5-6(3-7(9,10)11)4-8(12,13)14;1-5(2,3)4/h6,15H,2-5H2,1H3;(H3,1,2,3,4). The van der Waals surface area contributed by atoms with Crippen LogP contribution in [-0.2, 0) is 4.57 Å². The Morgan fingerprint density at radius 3 is 1.50 bits per heavy atom. The lowest BCUT2D eigenvalue weighted by Gasteiger charge is -2.20. The maximum absolute atomic E-state index is 11.9. The summed E-state index contributed by atoms with van der Waals surface area (Å²) in [6.07, 6.45) is -11.9. The molecule has 0 spiro atoms. The van der Waals surface area contributed by atoms with Crippen LogP contribution in [0, 0.1) is 5.92 Å².